The van der Waals surface area contributed by atoms with Crippen LogP contribution in [-0.2, 0) is 17.9 Å². The van der Waals surface area contributed by atoms with Crippen LogP contribution in [0.5, 0.6) is 11.5 Å². The minimum atomic E-state index is -0.358. The standard InChI is InChI=1S/C28H23Cl2N7O4/c1-40-26-8-17(13-31-35-28(39)24-9-18-4-2-3-5-23(18)33-24)6-7-25(26)41-16-22-14-37(36-34-22)15-27(38)32-21-11-19(29)10-20(30)12-21/h2-14,33H,15-16H2,1H3,(H,32,38)(H,35,39)/b31-13+. The van der Waals surface area contributed by atoms with Crippen molar-refractivity contribution in [1.29, 1.82) is 0 Å². The first-order valence-electron chi connectivity index (χ1n) is 12.2. The molecule has 3 N–H and O–H groups in total. The van der Waals surface area contributed by atoms with Crippen LogP contribution < -0.4 is 20.2 Å². The van der Waals surface area contributed by atoms with Crippen molar-refractivity contribution < 1.29 is 19.1 Å². The fourth-order valence-corrected chi connectivity index (χ4v) is 4.44. The summed E-state index contributed by atoms with van der Waals surface area (Å²) < 4.78 is 12.7. The first kappa shape index (κ1) is 27.7. The van der Waals surface area contributed by atoms with Crippen molar-refractivity contribution in [3.63, 3.8) is 0 Å². The van der Waals surface area contributed by atoms with Gasteiger partial charge in [0.1, 0.15) is 24.5 Å². The van der Waals surface area contributed by atoms with Gasteiger partial charge in [0.05, 0.1) is 19.5 Å². The maximum Gasteiger partial charge on any atom is 0.287 e. The number of amides is 2. The van der Waals surface area contributed by atoms with Gasteiger partial charge in [-0.15, -0.1) is 5.10 Å². The molecule has 5 aromatic rings. The summed E-state index contributed by atoms with van der Waals surface area (Å²) in [4.78, 5) is 27.8. The molecule has 2 amide bonds. The van der Waals surface area contributed by atoms with Gasteiger partial charge in [0.2, 0.25) is 5.91 Å². The minimum absolute atomic E-state index is 0.0642. The third kappa shape index (κ3) is 7.21. The molecular weight excluding hydrogens is 569 g/mol. The number of benzene rings is 3. The van der Waals surface area contributed by atoms with E-state index in [1.165, 1.54) is 18.0 Å². The Morgan fingerprint density at radius 3 is 2.63 bits per heavy atom. The molecule has 0 atom stereocenters. The Bertz CT molecular complexity index is 1700. The van der Waals surface area contributed by atoms with E-state index in [-0.39, 0.29) is 25.0 Å². The number of hydrazone groups is 1. The first-order chi connectivity index (χ1) is 19.9. The van der Waals surface area contributed by atoms with Crippen molar-refractivity contribution in [3.05, 3.63) is 99.9 Å². The number of aromatic nitrogens is 4. The number of fused-ring (bicyclic) bond motifs is 1. The van der Waals surface area contributed by atoms with Crippen LogP contribution in [-0.4, -0.2) is 45.1 Å². The van der Waals surface area contributed by atoms with Gasteiger partial charge in [0.15, 0.2) is 11.5 Å². The van der Waals surface area contributed by atoms with Crippen LogP contribution in [0.15, 0.2) is 78.0 Å². The Labute approximate surface area is 244 Å². The lowest BCUT2D eigenvalue weighted by atomic mass is 10.2. The first-order valence-corrected chi connectivity index (χ1v) is 13.0. The molecule has 0 saturated carbocycles. The van der Waals surface area contributed by atoms with Gasteiger partial charge < -0.3 is 19.8 Å². The number of hydrogen-bond donors (Lipinski definition) is 3. The lowest BCUT2D eigenvalue weighted by Crippen LogP contribution is -2.19. The van der Waals surface area contributed by atoms with Gasteiger partial charge >= 0.3 is 0 Å². The number of rotatable bonds is 10. The van der Waals surface area contributed by atoms with Crippen molar-refractivity contribution >= 4 is 57.8 Å². The summed E-state index contributed by atoms with van der Waals surface area (Å²) in [5, 5.41) is 16.5. The number of anilines is 1. The Morgan fingerprint density at radius 1 is 1.05 bits per heavy atom. The van der Waals surface area contributed by atoms with Gasteiger partial charge in [-0.25, -0.2) is 10.1 Å². The summed E-state index contributed by atoms with van der Waals surface area (Å²) >= 11 is 11.9. The Morgan fingerprint density at radius 2 is 1.85 bits per heavy atom. The number of nitrogens with zero attached hydrogens (tertiary/aromatic N) is 4. The van der Waals surface area contributed by atoms with Crippen LogP contribution in [0.25, 0.3) is 10.9 Å². The zero-order valence-electron chi connectivity index (χ0n) is 21.6. The molecule has 0 aliphatic heterocycles. The molecular formula is C28H23Cl2N7O4. The fraction of sp³-hybridized carbons (Fsp3) is 0.107. The molecule has 0 bridgehead atoms. The van der Waals surface area contributed by atoms with Gasteiger partial charge in [-0.1, -0.05) is 46.6 Å². The number of halogens is 2. The summed E-state index contributed by atoms with van der Waals surface area (Å²) in [5.41, 5.74) is 5.47. The highest BCUT2D eigenvalue weighted by molar-refractivity contribution is 6.35. The number of methoxy groups -OCH3 is 1. The molecule has 13 heteroatoms. The van der Waals surface area contributed by atoms with E-state index in [0.717, 1.165) is 10.9 Å². The van der Waals surface area contributed by atoms with E-state index in [4.69, 9.17) is 32.7 Å². The highest BCUT2D eigenvalue weighted by atomic mass is 35.5. The Balaban J connectivity index is 1.14. The number of carbonyl (C=O) groups is 2. The lowest BCUT2D eigenvalue weighted by molar-refractivity contribution is -0.116. The zero-order chi connectivity index (χ0) is 28.8. The van der Waals surface area contributed by atoms with Crippen molar-refractivity contribution in [2.24, 2.45) is 5.10 Å². The fourth-order valence-electron chi connectivity index (χ4n) is 3.91. The second-order valence-electron chi connectivity index (χ2n) is 8.78. The summed E-state index contributed by atoms with van der Waals surface area (Å²) in [6.07, 6.45) is 3.11. The summed E-state index contributed by atoms with van der Waals surface area (Å²) in [5.74, 6) is 0.251. The maximum atomic E-state index is 12.4. The Hall–Kier alpha value is -4.87. The van der Waals surface area contributed by atoms with Gasteiger partial charge in [-0.3, -0.25) is 9.59 Å². The van der Waals surface area contributed by atoms with Gasteiger partial charge in [-0.2, -0.15) is 5.10 Å². The van der Waals surface area contributed by atoms with Crippen LogP contribution in [0, 0.1) is 0 Å². The highest BCUT2D eigenvalue weighted by Gasteiger charge is 2.11. The van der Waals surface area contributed by atoms with E-state index >= 15 is 0 Å². The third-order valence-electron chi connectivity index (χ3n) is 5.76. The average molecular weight is 592 g/mol. The summed E-state index contributed by atoms with van der Waals surface area (Å²) in [6, 6.07) is 19.3. The second kappa shape index (κ2) is 12.5. The molecule has 0 saturated heterocycles. The van der Waals surface area contributed by atoms with Gasteiger partial charge in [0, 0.05) is 26.6 Å². The second-order valence-corrected chi connectivity index (χ2v) is 9.65. The van der Waals surface area contributed by atoms with Crippen LogP contribution >= 0.6 is 23.2 Å². The molecule has 5 rings (SSSR count). The van der Waals surface area contributed by atoms with E-state index in [0.29, 0.717) is 44.2 Å². The highest BCUT2D eigenvalue weighted by Crippen LogP contribution is 2.28. The molecule has 0 radical (unpaired) electrons. The number of para-hydroxylation sites is 1. The summed E-state index contributed by atoms with van der Waals surface area (Å²) in [7, 11) is 1.52. The van der Waals surface area contributed by atoms with Crippen molar-refractivity contribution in [3.8, 4) is 11.5 Å². The van der Waals surface area contributed by atoms with E-state index in [1.807, 2.05) is 24.3 Å². The number of H-pyrrole nitrogens is 1. The SMILES string of the molecule is COc1cc(/C=N/NC(=O)c2cc3ccccc3[nH]2)ccc1OCc1cn(CC(=O)Nc2cc(Cl)cc(Cl)c2)nn1. The normalized spacial score (nSPS) is 11.1. The number of nitrogens with one attached hydrogen (secondary N) is 3. The molecule has 0 unspecified atom stereocenters. The van der Waals surface area contributed by atoms with E-state index in [9.17, 15) is 9.59 Å². The topological polar surface area (TPSA) is 136 Å². The largest absolute Gasteiger partial charge is 0.493 e. The number of ether oxygens (including phenoxy) is 2. The molecule has 3 aromatic carbocycles. The smallest absolute Gasteiger partial charge is 0.287 e. The van der Waals surface area contributed by atoms with Gasteiger partial charge in [-0.05, 0) is 54.1 Å². The van der Waals surface area contributed by atoms with Crippen molar-refractivity contribution in [1.82, 2.24) is 25.4 Å². The van der Waals surface area contributed by atoms with Crippen LogP contribution in [0.3, 0.4) is 0 Å². The van der Waals surface area contributed by atoms with Crippen LogP contribution in [0.2, 0.25) is 10.0 Å². The molecule has 0 aliphatic rings. The molecule has 208 valence electrons. The average Bonchev–Trinajstić information content (AvgIpc) is 3.58. The maximum absolute atomic E-state index is 12.4. The predicted octanol–water partition coefficient (Wildman–Crippen LogP) is 5.06. The summed E-state index contributed by atoms with van der Waals surface area (Å²) in [6.45, 7) is 0.0289. The van der Waals surface area contributed by atoms with E-state index in [1.54, 1.807) is 48.7 Å². The zero-order valence-corrected chi connectivity index (χ0v) is 23.1. The van der Waals surface area contributed by atoms with Crippen LogP contribution in [0.4, 0.5) is 5.69 Å². The minimum Gasteiger partial charge on any atom is -0.493 e. The molecule has 41 heavy (non-hydrogen) atoms. The van der Waals surface area contributed by atoms with Crippen molar-refractivity contribution in [2.75, 3.05) is 12.4 Å². The number of hydrogen-bond acceptors (Lipinski definition) is 7. The lowest BCUT2D eigenvalue weighted by Gasteiger charge is -2.10. The molecule has 11 nitrogen and oxygen atoms in total. The molecule has 2 aromatic heterocycles. The van der Waals surface area contributed by atoms with E-state index < -0.39 is 0 Å². The number of carbonyl (C=O) groups excluding carboxylic acids is 2. The van der Waals surface area contributed by atoms with Crippen LogP contribution in [0.1, 0.15) is 21.7 Å². The quantitative estimate of drug-likeness (QED) is 0.153. The molecule has 0 spiro atoms. The molecule has 0 aliphatic carbocycles. The molecule has 0 fully saturated rings. The third-order valence-corrected chi connectivity index (χ3v) is 6.19. The number of aromatic amines is 1. The monoisotopic (exact) mass is 591 g/mol. The van der Waals surface area contributed by atoms with Crippen molar-refractivity contribution in [2.45, 2.75) is 13.2 Å². The predicted molar refractivity (Wildman–Crippen MR) is 156 cm³/mol. The van der Waals surface area contributed by atoms with Gasteiger partial charge in [0.25, 0.3) is 5.91 Å². The molecule has 2 heterocycles. The van der Waals surface area contributed by atoms with E-state index in [2.05, 4.69) is 31.1 Å². The Kier molecular flexibility index (Phi) is 8.47.